The molecule has 0 amide bonds. The Morgan fingerprint density at radius 2 is 2.31 bits per heavy atom. The number of hydrogen-bond acceptors (Lipinski definition) is 4. The molecule has 1 aliphatic rings. The lowest BCUT2D eigenvalue weighted by molar-refractivity contribution is 0.373. The maximum Gasteiger partial charge on any atom is 0.260 e. The van der Waals surface area contributed by atoms with Crippen LogP contribution in [0.2, 0.25) is 0 Å². The van der Waals surface area contributed by atoms with E-state index in [1.807, 2.05) is 6.07 Å². The van der Waals surface area contributed by atoms with E-state index in [9.17, 15) is 0 Å². The summed E-state index contributed by atoms with van der Waals surface area (Å²) < 4.78 is 5.29. The molecular formula is C12H15N3O. The zero-order valence-electron chi connectivity index (χ0n) is 9.36. The van der Waals surface area contributed by atoms with Crippen molar-refractivity contribution >= 4 is 16.8 Å². The first-order valence-corrected chi connectivity index (χ1v) is 5.84. The van der Waals surface area contributed by atoms with Crippen molar-refractivity contribution in [2.75, 3.05) is 5.73 Å². The van der Waals surface area contributed by atoms with Crippen molar-refractivity contribution < 1.29 is 4.52 Å². The highest BCUT2D eigenvalue weighted by atomic mass is 16.5. The van der Waals surface area contributed by atoms with Crippen LogP contribution in [0.5, 0.6) is 0 Å². The van der Waals surface area contributed by atoms with Crippen LogP contribution in [-0.2, 0) is 6.42 Å². The molecule has 4 heteroatoms. The summed E-state index contributed by atoms with van der Waals surface area (Å²) in [7, 11) is 0. The summed E-state index contributed by atoms with van der Waals surface area (Å²) in [6.07, 6.45) is 4.52. The maximum absolute atomic E-state index is 6.05. The van der Waals surface area contributed by atoms with Crippen LogP contribution >= 0.6 is 0 Å². The summed E-state index contributed by atoms with van der Waals surface area (Å²) in [5.74, 6) is 0.526. The largest absolute Gasteiger partial charge is 0.398 e. The third kappa shape index (κ3) is 1.29. The average molecular weight is 217 g/mol. The van der Waals surface area contributed by atoms with Gasteiger partial charge in [-0.15, -0.1) is 0 Å². The number of nitrogens with two attached hydrogens (primary N) is 1. The van der Waals surface area contributed by atoms with Crippen LogP contribution in [0, 0.1) is 0 Å². The van der Waals surface area contributed by atoms with E-state index in [1.165, 1.54) is 19.3 Å². The fourth-order valence-corrected chi connectivity index (χ4v) is 2.20. The van der Waals surface area contributed by atoms with Crippen molar-refractivity contribution in [1.29, 1.82) is 0 Å². The fourth-order valence-electron chi connectivity index (χ4n) is 2.20. The molecule has 0 saturated heterocycles. The lowest BCUT2D eigenvalue weighted by Gasteiger charge is -2.23. The molecule has 1 fully saturated rings. The third-order valence-corrected chi connectivity index (χ3v) is 3.41. The number of hydrogen-bond donors (Lipinski definition) is 1. The first-order valence-electron chi connectivity index (χ1n) is 5.84. The molecule has 2 heterocycles. The molecule has 0 aliphatic heterocycles. The zero-order chi connectivity index (χ0) is 11.1. The fraction of sp³-hybridized carbons (Fsp3) is 0.500. The van der Waals surface area contributed by atoms with Crippen LogP contribution in [0.3, 0.4) is 0 Å². The van der Waals surface area contributed by atoms with E-state index in [2.05, 4.69) is 17.1 Å². The minimum Gasteiger partial charge on any atom is -0.398 e. The van der Waals surface area contributed by atoms with E-state index in [4.69, 9.17) is 10.3 Å². The second kappa shape index (κ2) is 3.47. The number of nitrogen functional groups attached to an aromatic ring is 1. The van der Waals surface area contributed by atoms with Gasteiger partial charge in [0.15, 0.2) is 0 Å². The molecule has 0 unspecified atom stereocenters. The number of rotatable bonds is 2. The lowest BCUT2D eigenvalue weighted by atomic mass is 9.82. The molecule has 2 aromatic rings. The van der Waals surface area contributed by atoms with Crippen LogP contribution in [0.25, 0.3) is 11.1 Å². The van der Waals surface area contributed by atoms with Crippen LogP contribution in [0.15, 0.2) is 10.6 Å². The van der Waals surface area contributed by atoms with Gasteiger partial charge in [-0.05, 0) is 25.3 Å². The third-order valence-electron chi connectivity index (χ3n) is 3.41. The minimum absolute atomic E-state index is 0.526. The van der Waals surface area contributed by atoms with Gasteiger partial charge in [-0.25, -0.2) is 4.98 Å². The van der Waals surface area contributed by atoms with Crippen LogP contribution in [0.1, 0.15) is 43.5 Å². The second-order valence-electron chi connectivity index (χ2n) is 4.43. The predicted octanol–water partition coefficient (Wildman–Crippen LogP) is 2.63. The normalized spacial score (nSPS) is 16.6. The summed E-state index contributed by atoms with van der Waals surface area (Å²) >= 11 is 0. The SMILES string of the molecule is CCc1cc(N)c2c(C3CCC3)noc2n1. The molecule has 4 nitrogen and oxygen atoms in total. The standard InChI is InChI=1S/C12H15N3O/c1-2-8-6-9(13)10-11(7-4-3-5-7)15-16-12(10)14-8/h6-7H,2-5H2,1H3,(H2,13,14). The molecular weight excluding hydrogens is 202 g/mol. The maximum atomic E-state index is 6.05. The second-order valence-corrected chi connectivity index (χ2v) is 4.43. The van der Waals surface area contributed by atoms with Crippen LogP contribution in [0.4, 0.5) is 5.69 Å². The number of aromatic nitrogens is 2. The van der Waals surface area contributed by atoms with Gasteiger partial charge in [0, 0.05) is 17.3 Å². The Hall–Kier alpha value is -1.58. The van der Waals surface area contributed by atoms with Gasteiger partial charge in [-0.2, -0.15) is 0 Å². The molecule has 0 atom stereocenters. The summed E-state index contributed by atoms with van der Waals surface area (Å²) in [5, 5.41) is 5.07. The summed E-state index contributed by atoms with van der Waals surface area (Å²) in [4.78, 5) is 4.41. The molecule has 2 N–H and O–H groups in total. The van der Waals surface area contributed by atoms with Gasteiger partial charge in [-0.3, -0.25) is 0 Å². The number of pyridine rings is 1. The van der Waals surface area contributed by atoms with E-state index >= 15 is 0 Å². The molecule has 0 radical (unpaired) electrons. The molecule has 1 aliphatic carbocycles. The summed E-state index contributed by atoms with van der Waals surface area (Å²) in [6, 6.07) is 1.93. The van der Waals surface area contributed by atoms with Crippen molar-refractivity contribution in [2.45, 2.75) is 38.5 Å². The average Bonchev–Trinajstić information content (AvgIpc) is 2.60. The minimum atomic E-state index is 0.526. The first-order chi connectivity index (χ1) is 7.79. The van der Waals surface area contributed by atoms with Crippen molar-refractivity contribution in [2.24, 2.45) is 0 Å². The smallest absolute Gasteiger partial charge is 0.260 e. The van der Waals surface area contributed by atoms with Crippen molar-refractivity contribution in [3.63, 3.8) is 0 Å². The number of aryl methyl sites for hydroxylation is 1. The number of anilines is 1. The topological polar surface area (TPSA) is 64.9 Å². The first kappa shape index (κ1) is 9.63. The highest BCUT2D eigenvalue weighted by Gasteiger charge is 2.26. The van der Waals surface area contributed by atoms with Crippen molar-refractivity contribution in [3.8, 4) is 0 Å². The monoisotopic (exact) mass is 217 g/mol. The van der Waals surface area contributed by atoms with E-state index < -0.39 is 0 Å². The summed E-state index contributed by atoms with van der Waals surface area (Å²) in [5.41, 5.74) is 9.37. The Bertz CT molecular complexity index is 528. The molecule has 0 spiro atoms. The van der Waals surface area contributed by atoms with E-state index in [0.29, 0.717) is 11.6 Å². The van der Waals surface area contributed by atoms with Crippen LogP contribution in [-0.4, -0.2) is 10.1 Å². The molecule has 2 aromatic heterocycles. The highest BCUT2D eigenvalue weighted by Crippen LogP contribution is 2.40. The molecule has 0 bridgehead atoms. The van der Waals surface area contributed by atoms with E-state index in [0.717, 1.165) is 28.9 Å². The van der Waals surface area contributed by atoms with Gasteiger partial charge in [0.2, 0.25) is 0 Å². The van der Waals surface area contributed by atoms with E-state index in [-0.39, 0.29) is 0 Å². The zero-order valence-corrected chi connectivity index (χ0v) is 9.36. The van der Waals surface area contributed by atoms with Crippen LogP contribution < -0.4 is 5.73 Å². The van der Waals surface area contributed by atoms with Gasteiger partial charge >= 0.3 is 0 Å². The van der Waals surface area contributed by atoms with Gasteiger partial charge in [0.05, 0.1) is 11.1 Å². The number of nitrogens with zero attached hydrogens (tertiary/aromatic N) is 2. The Kier molecular flexibility index (Phi) is 2.09. The molecule has 3 rings (SSSR count). The van der Waals surface area contributed by atoms with Gasteiger partial charge in [0.25, 0.3) is 5.71 Å². The Morgan fingerprint density at radius 1 is 1.50 bits per heavy atom. The Morgan fingerprint density at radius 3 is 2.94 bits per heavy atom. The Labute approximate surface area is 93.8 Å². The van der Waals surface area contributed by atoms with Gasteiger partial charge in [-0.1, -0.05) is 18.5 Å². The lowest BCUT2D eigenvalue weighted by Crippen LogP contribution is -2.09. The van der Waals surface area contributed by atoms with Crippen molar-refractivity contribution in [1.82, 2.24) is 10.1 Å². The predicted molar refractivity (Wildman–Crippen MR) is 62.2 cm³/mol. The number of fused-ring (bicyclic) bond motifs is 1. The quantitative estimate of drug-likeness (QED) is 0.839. The van der Waals surface area contributed by atoms with E-state index in [1.54, 1.807) is 0 Å². The van der Waals surface area contributed by atoms with Crippen molar-refractivity contribution in [3.05, 3.63) is 17.5 Å². The van der Waals surface area contributed by atoms with Gasteiger partial charge < -0.3 is 10.3 Å². The van der Waals surface area contributed by atoms with Gasteiger partial charge in [0.1, 0.15) is 0 Å². The summed E-state index contributed by atoms with van der Waals surface area (Å²) in [6.45, 7) is 2.05. The molecule has 16 heavy (non-hydrogen) atoms. The molecule has 84 valence electrons. The molecule has 1 saturated carbocycles. The Balaban J connectivity index is 2.18. The highest BCUT2D eigenvalue weighted by molar-refractivity contribution is 5.89. The molecule has 0 aromatic carbocycles.